The van der Waals surface area contributed by atoms with Gasteiger partial charge < -0.3 is 15.2 Å². The van der Waals surface area contributed by atoms with Crippen molar-refractivity contribution >= 4 is 11.6 Å². The zero-order valence-corrected chi connectivity index (χ0v) is 13.1. The lowest BCUT2D eigenvalue weighted by Gasteiger charge is -2.23. The lowest BCUT2D eigenvalue weighted by Crippen LogP contribution is -2.31. The first-order chi connectivity index (χ1) is 11.2. The molecule has 2 aliphatic rings. The summed E-state index contributed by atoms with van der Waals surface area (Å²) in [5.41, 5.74) is 1.87. The number of rotatable bonds is 3. The third kappa shape index (κ3) is 2.74. The molecule has 0 bridgehead atoms. The van der Waals surface area contributed by atoms with Crippen LogP contribution in [0, 0.1) is 18.3 Å². The second-order valence-corrected chi connectivity index (χ2v) is 6.58. The summed E-state index contributed by atoms with van der Waals surface area (Å²) >= 11 is 0. The first kappa shape index (κ1) is 14.4. The lowest BCUT2D eigenvalue weighted by molar-refractivity contribution is -0.118. The number of carbonyl (C=O) groups is 1. The Hall–Kier alpha value is -2.21. The molecular formula is C17H20N4O2. The summed E-state index contributed by atoms with van der Waals surface area (Å²) in [7, 11) is 0. The highest BCUT2D eigenvalue weighted by Crippen LogP contribution is 2.58. The van der Waals surface area contributed by atoms with Crippen LogP contribution < -0.4 is 10.6 Å². The van der Waals surface area contributed by atoms with Crippen LogP contribution in [0.3, 0.4) is 0 Å². The molecule has 2 heterocycles. The average Bonchev–Trinajstić information content (AvgIpc) is 3.06. The molecule has 1 atom stereocenters. The second-order valence-electron chi connectivity index (χ2n) is 6.58. The number of aromatic nitrogens is 2. The van der Waals surface area contributed by atoms with Crippen LogP contribution in [0.5, 0.6) is 0 Å². The van der Waals surface area contributed by atoms with Gasteiger partial charge in [0.1, 0.15) is 0 Å². The summed E-state index contributed by atoms with van der Waals surface area (Å²) in [4.78, 5) is 16.7. The normalized spacial score (nSPS) is 22.0. The predicted molar refractivity (Wildman–Crippen MR) is 85.7 cm³/mol. The monoisotopic (exact) mass is 312 g/mol. The third-order valence-corrected chi connectivity index (χ3v) is 5.02. The molecule has 4 rings (SSSR count). The van der Waals surface area contributed by atoms with Crippen molar-refractivity contribution in [2.75, 3.05) is 18.4 Å². The van der Waals surface area contributed by atoms with Crippen LogP contribution in [0.2, 0.25) is 0 Å². The maximum Gasteiger partial charge on any atom is 0.228 e. The van der Waals surface area contributed by atoms with Gasteiger partial charge in [-0.2, -0.15) is 4.98 Å². The van der Waals surface area contributed by atoms with Gasteiger partial charge in [0.05, 0.1) is 0 Å². The Morgan fingerprint density at radius 2 is 2.22 bits per heavy atom. The van der Waals surface area contributed by atoms with Crippen LogP contribution in [0.25, 0.3) is 11.4 Å². The zero-order valence-electron chi connectivity index (χ0n) is 13.1. The van der Waals surface area contributed by atoms with E-state index in [0.29, 0.717) is 11.7 Å². The van der Waals surface area contributed by atoms with Crippen LogP contribution >= 0.6 is 0 Å². The number of piperidine rings is 1. The number of nitrogens with one attached hydrogen (secondary N) is 2. The SMILES string of the molecule is Cc1nc(-c2cccc(NC(=O)C3CC34CCNCC4)c2)no1. The Morgan fingerprint density at radius 3 is 2.96 bits per heavy atom. The van der Waals surface area contributed by atoms with Crippen molar-refractivity contribution in [1.29, 1.82) is 0 Å². The first-order valence-electron chi connectivity index (χ1n) is 8.09. The minimum atomic E-state index is 0.133. The van der Waals surface area contributed by atoms with Crippen LogP contribution in [0.15, 0.2) is 28.8 Å². The number of nitrogens with zero attached hydrogens (tertiary/aromatic N) is 2. The lowest BCUT2D eigenvalue weighted by atomic mass is 9.92. The highest BCUT2D eigenvalue weighted by molar-refractivity contribution is 5.95. The molecule has 2 fully saturated rings. The summed E-state index contributed by atoms with van der Waals surface area (Å²) in [5, 5.41) is 10.3. The number of amides is 1. The zero-order chi connectivity index (χ0) is 15.9. The third-order valence-electron chi connectivity index (χ3n) is 5.02. The molecule has 6 heteroatoms. The Morgan fingerprint density at radius 1 is 1.39 bits per heavy atom. The number of benzene rings is 1. The summed E-state index contributed by atoms with van der Waals surface area (Å²) in [6.45, 7) is 3.81. The quantitative estimate of drug-likeness (QED) is 0.909. The average molecular weight is 312 g/mol. The minimum absolute atomic E-state index is 0.133. The largest absolute Gasteiger partial charge is 0.339 e. The smallest absolute Gasteiger partial charge is 0.228 e. The molecule has 120 valence electrons. The van der Waals surface area contributed by atoms with Gasteiger partial charge in [-0.05, 0) is 49.9 Å². The molecule has 1 aromatic heterocycles. The van der Waals surface area contributed by atoms with Crippen molar-refractivity contribution in [1.82, 2.24) is 15.5 Å². The number of aryl methyl sites for hydroxylation is 1. The standard InChI is InChI=1S/C17H20N4O2/c1-11-19-15(21-23-11)12-3-2-4-13(9-12)20-16(22)14-10-17(14)5-7-18-8-6-17/h2-4,9,14,18H,5-8,10H2,1H3,(H,20,22). The van der Waals surface area contributed by atoms with Gasteiger partial charge in [0.25, 0.3) is 0 Å². The molecule has 1 spiro atoms. The molecule has 1 aromatic carbocycles. The summed E-state index contributed by atoms with van der Waals surface area (Å²) in [6, 6.07) is 7.58. The first-order valence-corrected chi connectivity index (χ1v) is 8.09. The van der Waals surface area contributed by atoms with Crippen molar-refractivity contribution in [2.24, 2.45) is 11.3 Å². The Balaban J connectivity index is 1.46. The van der Waals surface area contributed by atoms with E-state index in [-0.39, 0.29) is 17.2 Å². The van der Waals surface area contributed by atoms with Crippen molar-refractivity contribution in [3.05, 3.63) is 30.2 Å². The molecule has 1 saturated carbocycles. The van der Waals surface area contributed by atoms with E-state index in [2.05, 4.69) is 20.8 Å². The topological polar surface area (TPSA) is 80.0 Å². The van der Waals surface area contributed by atoms with Crippen LogP contribution in [-0.4, -0.2) is 29.1 Å². The second kappa shape index (κ2) is 5.45. The van der Waals surface area contributed by atoms with Crippen molar-refractivity contribution in [3.63, 3.8) is 0 Å². The highest BCUT2D eigenvalue weighted by atomic mass is 16.5. The Bertz CT molecular complexity index is 734. The molecule has 6 nitrogen and oxygen atoms in total. The molecule has 2 aromatic rings. The van der Waals surface area contributed by atoms with Gasteiger partial charge in [-0.1, -0.05) is 17.3 Å². The fourth-order valence-electron chi connectivity index (χ4n) is 3.58. The fourth-order valence-corrected chi connectivity index (χ4v) is 3.58. The Kier molecular flexibility index (Phi) is 3.41. The maximum atomic E-state index is 12.5. The molecule has 1 aliphatic heterocycles. The van der Waals surface area contributed by atoms with Gasteiger partial charge in [0.15, 0.2) is 0 Å². The molecule has 1 aliphatic carbocycles. The Labute approximate surface area is 134 Å². The van der Waals surface area contributed by atoms with Gasteiger partial charge in [-0.15, -0.1) is 0 Å². The van der Waals surface area contributed by atoms with Crippen molar-refractivity contribution in [2.45, 2.75) is 26.2 Å². The molecule has 1 unspecified atom stereocenters. The van der Waals surface area contributed by atoms with Gasteiger partial charge >= 0.3 is 0 Å². The van der Waals surface area contributed by atoms with Crippen LogP contribution in [0.4, 0.5) is 5.69 Å². The van der Waals surface area contributed by atoms with Crippen molar-refractivity contribution < 1.29 is 9.32 Å². The number of carbonyl (C=O) groups excluding carboxylic acids is 1. The van der Waals surface area contributed by atoms with E-state index in [4.69, 9.17) is 4.52 Å². The summed E-state index contributed by atoms with van der Waals surface area (Å²) < 4.78 is 5.01. The number of hydrogen-bond donors (Lipinski definition) is 2. The van der Waals surface area contributed by atoms with Crippen molar-refractivity contribution in [3.8, 4) is 11.4 Å². The van der Waals surface area contributed by atoms with Crippen LogP contribution in [0.1, 0.15) is 25.2 Å². The summed E-state index contributed by atoms with van der Waals surface area (Å²) in [6.07, 6.45) is 3.23. The van der Waals surface area contributed by atoms with E-state index in [1.165, 1.54) is 0 Å². The molecule has 2 N–H and O–H groups in total. The fraction of sp³-hybridized carbons (Fsp3) is 0.471. The molecule has 1 saturated heterocycles. The van der Waals surface area contributed by atoms with E-state index in [1.54, 1.807) is 6.92 Å². The number of anilines is 1. The molecular weight excluding hydrogens is 292 g/mol. The van der Waals surface area contributed by atoms with E-state index in [0.717, 1.165) is 43.6 Å². The predicted octanol–water partition coefficient (Wildman–Crippen LogP) is 2.37. The highest BCUT2D eigenvalue weighted by Gasteiger charge is 2.57. The summed E-state index contributed by atoms with van der Waals surface area (Å²) in [5.74, 6) is 1.36. The van der Waals surface area contributed by atoms with Crippen LogP contribution in [-0.2, 0) is 4.79 Å². The molecule has 23 heavy (non-hydrogen) atoms. The van der Waals surface area contributed by atoms with E-state index >= 15 is 0 Å². The van der Waals surface area contributed by atoms with E-state index in [1.807, 2.05) is 24.3 Å². The number of hydrogen-bond acceptors (Lipinski definition) is 5. The van der Waals surface area contributed by atoms with E-state index < -0.39 is 0 Å². The van der Waals surface area contributed by atoms with E-state index in [9.17, 15) is 4.79 Å². The van der Waals surface area contributed by atoms with Gasteiger partial charge in [0, 0.05) is 24.1 Å². The van der Waals surface area contributed by atoms with Gasteiger partial charge in [-0.25, -0.2) is 0 Å². The minimum Gasteiger partial charge on any atom is -0.339 e. The van der Waals surface area contributed by atoms with Gasteiger partial charge in [0.2, 0.25) is 17.6 Å². The molecule has 0 radical (unpaired) electrons. The van der Waals surface area contributed by atoms with Gasteiger partial charge in [-0.3, -0.25) is 4.79 Å². The maximum absolute atomic E-state index is 12.5. The molecule has 1 amide bonds.